The lowest BCUT2D eigenvalue weighted by atomic mass is 10.3. The zero-order valence-electron chi connectivity index (χ0n) is 9.33. The van der Waals surface area contributed by atoms with Gasteiger partial charge in [-0.2, -0.15) is 0 Å². The van der Waals surface area contributed by atoms with E-state index in [1.54, 1.807) is 6.92 Å². The van der Waals surface area contributed by atoms with E-state index < -0.39 is 17.5 Å². The molecule has 0 bridgehead atoms. The fourth-order valence-corrected chi connectivity index (χ4v) is 2.12. The number of aromatic nitrogens is 1. The number of amides is 1. The molecule has 18 heavy (non-hydrogen) atoms. The summed E-state index contributed by atoms with van der Waals surface area (Å²) < 4.78 is 25.7. The molecule has 2 rings (SSSR count). The van der Waals surface area contributed by atoms with Gasteiger partial charge >= 0.3 is 0 Å². The third kappa shape index (κ3) is 2.45. The number of nitrogen functional groups attached to an aromatic ring is 1. The highest BCUT2D eigenvalue weighted by Crippen LogP contribution is 2.21. The van der Waals surface area contributed by atoms with Crippen molar-refractivity contribution in [1.29, 1.82) is 0 Å². The predicted octanol–water partition coefficient (Wildman–Crippen LogP) is 2.56. The molecule has 0 radical (unpaired) electrons. The molecule has 1 aromatic carbocycles. The molecule has 0 saturated carbocycles. The van der Waals surface area contributed by atoms with Crippen LogP contribution in [0.1, 0.15) is 15.4 Å². The Balaban J connectivity index is 2.21. The van der Waals surface area contributed by atoms with Gasteiger partial charge in [-0.05, 0) is 19.1 Å². The smallest absolute Gasteiger partial charge is 0.267 e. The van der Waals surface area contributed by atoms with Crippen LogP contribution in [0, 0.1) is 18.6 Å². The number of hydrogen-bond donors (Lipinski definition) is 2. The van der Waals surface area contributed by atoms with Crippen molar-refractivity contribution in [3.05, 3.63) is 40.4 Å². The number of nitrogens with two attached hydrogens (primary N) is 1. The van der Waals surface area contributed by atoms with Crippen LogP contribution in [0.3, 0.4) is 0 Å². The first-order chi connectivity index (χ1) is 8.47. The Morgan fingerprint density at radius 3 is 2.67 bits per heavy atom. The van der Waals surface area contributed by atoms with Crippen LogP contribution >= 0.6 is 11.3 Å². The molecule has 0 unspecified atom stereocenters. The molecule has 0 saturated heterocycles. The van der Waals surface area contributed by atoms with Gasteiger partial charge in [-0.25, -0.2) is 13.8 Å². The average Bonchev–Trinajstić information content (AvgIpc) is 2.63. The topological polar surface area (TPSA) is 68.0 Å². The molecule has 7 heteroatoms. The largest absolute Gasteiger partial charge is 0.375 e. The maximum absolute atomic E-state index is 13.0. The van der Waals surface area contributed by atoms with Gasteiger partial charge in [0, 0.05) is 11.8 Å². The van der Waals surface area contributed by atoms with Crippen LogP contribution in [0.4, 0.5) is 19.6 Å². The van der Waals surface area contributed by atoms with Crippen LogP contribution < -0.4 is 11.1 Å². The number of hydrogen-bond acceptors (Lipinski definition) is 4. The molecule has 0 spiro atoms. The number of carbonyl (C=O) groups excluding carboxylic acids is 1. The minimum absolute atomic E-state index is 0.172. The lowest BCUT2D eigenvalue weighted by Crippen LogP contribution is -2.11. The second-order valence-electron chi connectivity index (χ2n) is 3.55. The van der Waals surface area contributed by atoms with Crippen LogP contribution in [-0.2, 0) is 0 Å². The van der Waals surface area contributed by atoms with Crippen LogP contribution in [0.15, 0.2) is 18.2 Å². The van der Waals surface area contributed by atoms with E-state index in [0.29, 0.717) is 10.6 Å². The maximum Gasteiger partial charge on any atom is 0.267 e. The Morgan fingerprint density at radius 1 is 1.39 bits per heavy atom. The number of carbonyl (C=O) groups is 1. The zero-order valence-corrected chi connectivity index (χ0v) is 10.1. The van der Waals surface area contributed by atoms with Crippen LogP contribution in [0.2, 0.25) is 0 Å². The van der Waals surface area contributed by atoms with Crippen LogP contribution in [0.5, 0.6) is 0 Å². The van der Waals surface area contributed by atoms with Gasteiger partial charge in [0.1, 0.15) is 4.88 Å². The first-order valence-electron chi connectivity index (χ1n) is 4.96. The first-order valence-corrected chi connectivity index (χ1v) is 5.78. The second kappa shape index (κ2) is 4.69. The molecule has 2 aromatic rings. The number of nitrogens with one attached hydrogen (secondary N) is 1. The van der Waals surface area contributed by atoms with E-state index in [9.17, 15) is 13.6 Å². The molecule has 0 aliphatic heterocycles. The Morgan fingerprint density at radius 2 is 2.11 bits per heavy atom. The van der Waals surface area contributed by atoms with E-state index in [1.807, 2.05) is 0 Å². The molecule has 0 aliphatic rings. The standard InChI is InChI=1S/C11H9F2N3OS/c1-5-9(18-11(14)15-5)10(17)16-6-2-3-7(12)8(13)4-6/h2-4H,1H3,(H2,14,15)(H,16,17). The van der Waals surface area contributed by atoms with E-state index in [-0.39, 0.29) is 10.8 Å². The average molecular weight is 269 g/mol. The van der Waals surface area contributed by atoms with E-state index in [0.717, 1.165) is 23.5 Å². The van der Waals surface area contributed by atoms with Crippen molar-refractivity contribution in [2.24, 2.45) is 0 Å². The van der Waals surface area contributed by atoms with Gasteiger partial charge in [0.15, 0.2) is 16.8 Å². The minimum Gasteiger partial charge on any atom is -0.375 e. The third-order valence-corrected chi connectivity index (χ3v) is 3.18. The molecule has 1 heterocycles. The molecule has 1 amide bonds. The molecule has 94 valence electrons. The summed E-state index contributed by atoms with van der Waals surface area (Å²) >= 11 is 1.04. The van der Waals surface area contributed by atoms with Gasteiger partial charge in [0.2, 0.25) is 0 Å². The molecule has 3 N–H and O–H groups in total. The van der Waals surface area contributed by atoms with Crippen molar-refractivity contribution in [2.75, 3.05) is 11.1 Å². The van der Waals surface area contributed by atoms with Crippen molar-refractivity contribution < 1.29 is 13.6 Å². The number of nitrogens with zero attached hydrogens (tertiary/aromatic N) is 1. The SMILES string of the molecule is Cc1nc(N)sc1C(=O)Nc1ccc(F)c(F)c1. The van der Waals surface area contributed by atoms with E-state index >= 15 is 0 Å². The second-order valence-corrected chi connectivity index (χ2v) is 4.58. The van der Waals surface area contributed by atoms with Gasteiger partial charge < -0.3 is 11.1 Å². The Bertz CT molecular complexity index is 612. The Labute approximate surface area is 105 Å². The van der Waals surface area contributed by atoms with Gasteiger partial charge in [-0.3, -0.25) is 4.79 Å². The van der Waals surface area contributed by atoms with Crippen molar-refractivity contribution in [2.45, 2.75) is 6.92 Å². The third-order valence-electron chi connectivity index (χ3n) is 2.20. The minimum atomic E-state index is -1.02. The molecule has 4 nitrogen and oxygen atoms in total. The van der Waals surface area contributed by atoms with Gasteiger partial charge in [-0.1, -0.05) is 11.3 Å². The highest BCUT2D eigenvalue weighted by atomic mass is 32.1. The molecular formula is C11H9F2N3OS. The van der Waals surface area contributed by atoms with E-state index in [4.69, 9.17) is 5.73 Å². The number of benzene rings is 1. The summed E-state index contributed by atoms with van der Waals surface area (Å²) in [4.78, 5) is 16.1. The van der Waals surface area contributed by atoms with Crippen LogP contribution in [-0.4, -0.2) is 10.9 Å². The normalized spacial score (nSPS) is 10.4. The summed E-state index contributed by atoms with van der Waals surface area (Å²) in [6.45, 7) is 1.65. The zero-order chi connectivity index (χ0) is 13.3. The molecule has 1 aromatic heterocycles. The summed E-state index contributed by atoms with van der Waals surface area (Å²) in [6, 6.07) is 3.13. The van der Waals surface area contributed by atoms with Crippen molar-refractivity contribution in [1.82, 2.24) is 4.98 Å². The number of anilines is 2. The highest BCUT2D eigenvalue weighted by Gasteiger charge is 2.14. The van der Waals surface area contributed by atoms with E-state index in [2.05, 4.69) is 10.3 Å². The fraction of sp³-hybridized carbons (Fsp3) is 0.0909. The lowest BCUT2D eigenvalue weighted by molar-refractivity contribution is 0.103. The summed E-state index contributed by atoms with van der Waals surface area (Å²) in [7, 11) is 0. The molecule has 0 atom stereocenters. The summed E-state index contributed by atoms with van der Waals surface area (Å²) in [6.07, 6.45) is 0. The number of aryl methyl sites for hydroxylation is 1. The van der Waals surface area contributed by atoms with E-state index in [1.165, 1.54) is 6.07 Å². The summed E-state index contributed by atoms with van der Waals surface area (Å²) in [5.74, 6) is -2.44. The maximum atomic E-state index is 13.0. The predicted molar refractivity (Wildman–Crippen MR) is 65.6 cm³/mol. The summed E-state index contributed by atoms with van der Waals surface area (Å²) in [5.41, 5.74) is 6.14. The fourth-order valence-electron chi connectivity index (χ4n) is 1.39. The van der Waals surface area contributed by atoms with Gasteiger partial charge in [-0.15, -0.1) is 0 Å². The molecular weight excluding hydrogens is 260 g/mol. The highest BCUT2D eigenvalue weighted by molar-refractivity contribution is 7.17. The van der Waals surface area contributed by atoms with Gasteiger partial charge in [0.25, 0.3) is 5.91 Å². The van der Waals surface area contributed by atoms with Crippen LogP contribution in [0.25, 0.3) is 0 Å². The molecule has 0 aliphatic carbocycles. The Kier molecular flexibility index (Phi) is 3.24. The quantitative estimate of drug-likeness (QED) is 0.880. The summed E-state index contributed by atoms with van der Waals surface area (Å²) in [5, 5.41) is 2.73. The Hall–Kier alpha value is -2.02. The van der Waals surface area contributed by atoms with Crippen molar-refractivity contribution in [3.63, 3.8) is 0 Å². The molecule has 0 fully saturated rings. The number of rotatable bonds is 2. The monoisotopic (exact) mass is 269 g/mol. The van der Waals surface area contributed by atoms with Gasteiger partial charge in [0.05, 0.1) is 5.69 Å². The van der Waals surface area contributed by atoms with Crippen molar-refractivity contribution >= 4 is 28.1 Å². The number of halogens is 2. The first kappa shape index (κ1) is 12.4. The number of thiazole rings is 1. The van der Waals surface area contributed by atoms with Crippen molar-refractivity contribution in [3.8, 4) is 0 Å². The lowest BCUT2D eigenvalue weighted by Gasteiger charge is -2.04.